The van der Waals surface area contributed by atoms with Crippen molar-refractivity contribution in [1.29, 1.82) is 0 Å². The van der Waals surface area contributed by atoms with Gasteiger partial charge in [-0.1, -0.05) is 12.1 Å². The molecule has 2 N–H and O–H groups in total. The number of para-hydroxylation sites is 1. The van der Waals surface area contributed by atoms with Gasteiger partial charge in [0.2, 0.25) is 0 Å². The van der Waals surface area contributed by atoms with Gasteiger partial charge in [0.1, 0.15) is 6.10 Å². The summed E-state index contributed by atoms with van der Waals surface area (Å²) in [6, 6.07) is 6.40. The largest absolute Gasteiger partial charge is 0.486 e. The SMILES string of the molecule is CN=C(NCC(C)Oc1ccccc1F)NCC1CCCO1.I. The second-order valence-corrected chi connectivity index (χ2v) is 5.33. The summed E-state index contributed by atoms with van der Waals surface area (Å²) in [5.41, 5.74) is 0. The smallest absolute Gasteiger partial charge is 0.191 e. The highest BCUT2D eigenvalue weighted by Crippen LogP contribution is 2.16. The van der Waals surface area contributed by atoms with Crippen molar-refractivity contribution in [3.63, 3.8) is 0 Å². The number of nitrogens with one attached hydrogen (secondary N) is 2. The van der Waals surface area contributed by atoms with E-state index in [4.69, 9.17) is 9.47 Å². The zero-order chi connectivity index (χ0) is 15.8. The first kappa shape index (κ1) is 20.0. The molecule has 1 aliphatic rings. The van der Waals surface area contributed by atoms with Crippen molar-refractivity contribution in [3.05, 3.63) is 30.1 Å². The first-order chi connectivity index (χ1) is 10.7. The molecule has 1 fully saturated rings. The summed E-state index contributed by atoms with van der Waals surface area (Å²) >= 11 is 0. The molecule has 2 atom stereocenters. The van der Waals surface area contributed by atoms with E-state index in [2.05, 4.69) is 15.6 Å². The Morgan fingerprint density at radius 2 is 2.22 bits per heavy atom. The van der Waals surface area contributed by atoms with Crippen molar-refractivity contribution in [1.82, 2.24) is 10.6 Å². The molecular formula is C16H25FIN3O2. The minimum Gasteiger partial charge on any atom is -0.486 e. The molecule has 1 heterocycles. The van der Waals surface area contributed by atoms with E-state index in [1.165, 1.54) is 6.07 Å². The number of rotatable bonds is 6. The third kappa shape index (κ3) is 6.90. The van der Waals surface area contributed by atoms with E-state index in [0.29, 0.717) is 12.5 Å². The van der Waals surface area contributed by atoms with Gasteiger partial charge in [0.15, 0.2) is 17.5 Å². The predicted octanol–water partition coefficient (Wildman–Crippen LogP) is 2.56. The van der Waals surface area contributed by atoms with Crippen LogP contribution in [0.25, 0.3) is 0 Å². The molecule has 0 amide bonds. The van der Waals surface area contributed by atoms with Crippen LogP contribution in [0, 0.1) is 5.82 Å². The maximum absolute atomic E-state index is 13.5. The standard InChI is InChI=1S/C16H24FN3O2.HI/c1-12(22-15-8-4-3-7-14(15)17)10-19-16(18-2)20-11-13-6-5-9-21-13;/h3-4,7-8,12-13H,5-6,9-11H2,1-2H3,(H2,18,19,20);1H. The molecule has 2 unspecified atom stereocenters. The lowest BCUT2D eigenvalue weighted by Gasteiger charge is -2.19. The molecule has 0 radical (unpaired) electrons. The molecule has 7 heteroatoms. The highest BCUT2D eigenvalue weighted by molar-refractivity contribution is 14.0. The normalized spacial score (nSPS) is 18.9. The lowest BCUT2D eigenvalue weighted by atomic mass is 10.2. The van der Waals surface area contributed by atoms with Crippen LogP contribution in [0.4, 0.5) is 4.39 Å². The zero-order valence-corrected chi connectivity index (χ0v) is 15.9. The zero-order valence-electron chi connectivity index (χ0n) is 13.5. The van der Waals surface area contributed by atoms with Crippen LogP contribution in [-0.2, 0) is 4.74 Å². The van der Waals surface area contributed by atoms with Crippen LogP contribution in [0.15, 0.2) is 29.3 Å². The van der Waals surface area contributed by atoms with Crippen molar-refractivity contribution < 1.29 is 13.9 Å². The number of halogens is 2. The molecule has 1 aromatic carbocycles. The Morgan fingerprint density at radius 1 is 1.43 bits per heavy atom. The minimum absolute atomic E-state index is 0. The average molecular weight is 437 g/mol. The highest BCUT2D eigenvalue weighted by Gasteiger charge is 2.15. The number of aliphatic imine (C=N–C) groups is 1. The minimum atomic E-state index is -0.352. The van der Waals surface area contributed by atoms with Gasteiger partial charge in [-0.05, 0) is 31.9 Å². The molecular weight excluding hydrogens is 412 g/mol. The number of benzene rings is 1. The van der Waals surface area contributed by atoms with Crippen molar-refractivity contribution >= 4 is 29.9 Å². The molecule has 1 aromatic rings. The van der Waals surface area contributed by atoms with Gasteiger partial charge in [0.25, 0.3) is 0 Å². The Morgan fingerprint density at radius 3 is 2.87 bits per heavy atom. The monoisotopic (exact) mass is 437 g/mol. The maximum Gasteiger partial charge on any atom is 0.191 e. The summed E-state index contributed by atoms with van der Waals surface area (Å²) < 4.78 is 24.6. The van der Waals surface area contributed by atoms with Crippen LogP contribution in [-0.4, -0.2) is 44.9 Å². The van der Waals surface area contributed by atoms with Gasteiger partial charge in [0.05, 0.1) is 12.6 Å². The number of guanidine groups is 1. The molecule has 2 rings (SSSR count). The van der Waals surface area contributed by atoms with Crippen LogP contribution in [0.5, 0.6) is 5.75 Å². The molecule has 0 bridgehead atoms. The molecule has 1 saturated heterocycles. The summed E-state index contributed by atoms with van der Waals surface area (Å²) in [6.45, 7) is 3.99. The Balaban J connectivity index is 0.00000264. The molecule has 0 spiro atoms. The van der Waals surface area contributed by atoms with Crippen molar-refractivity contribution in [2.24, 2.45) is 4.99 Å². The van der Waals surface area contributed by atoms with Gasteiger partial charge >= 0.3 is 0 Å². The van der Waals surface area contributed by atoms with E-state index in [1.54, 1.807) is 25.2 Å². The fraction of sp³-hybridized carbons (Fsp3) is 0.562. The van der Waals surface area contributed by atoms with Gasteiger partial charge < -0.3 is 20.1 Å². The topological polar surface area (TPSA) is 54.9 Å². The molecule has 0 aromatic heterocycles. The highest BCUT2D eigenvalue weighted by atomic mass is 127. The van der Waals surface area contributed by atoms with Crippen LogP contribution < -0.4 is 15.4 Å². The van der Waals surface area contributed by atoms with Crippen molar-refractivity contribution in [3.8, 4) is 5.75 Å². The lowest BCUT2D eigenvalue weighted by molar-refractivity contribution is 0.113. The van der Waals surface area contributed by atoms with Crippen LogP contribution >= 0.6 is 24.0 Å². The van der Waals surface area contributed by atoms with Crippen molar-refractivity contribution in [2.45, 2.75) is 32.0 Å². The summed E-state index contributed by atoms with van der Waals surface area (Å²) in [5.74, 6) is 0.605. The lowest BCUT2D eigenvalue weighted by Crippen LogP contribution is -2.44. The van der Waals surface area contributed by atoms with E-state index in [0.717, 1.165) is 26.0 Å². The fourth-order valence-electron chi connectivity index (χ4n) is 2.28. The Kier molecular flexibility index (Phi) is 9.23. The molecule has 0 saturated carbocycles. The molecule has 130 valence electrons. The summed E-state index contributed by atoms with van der Waals surface area (Å²) in [5, 5.41) is 6.39. The molecule has 23 heavy (non-hydrogen) atoms. The van der Waals surface area contributed by atoms with Gasteiger partial charge in [-0.2, -0.15) is 0 Å². The van der Waals surface area contributed by atoms with E-state index >= 15 is 0 Å². The molecule has 0 aliphatic carbocycles. The molecule has 5 nitrogen and oxygen atoms in total. The van der Waals surface area contributed by atoms with Gasteiger partial charge in [-0.25, -0.2) is 4.39 Å². The predicted molar refractivity (Wildman–Crippen MR) is 100 cm³/mol. The molecule has 1 aliphatic heterocycles. The second-order valence-electron chi connectivity index (χ2n) is 5.33. The number of hydrogen-bond acceptors (Lipinski definition) is 3. The van der Waals surface area contributed by atoms with Gasteiger partial charge in [0, 0.05) is 20.2 Å². The van der Waals surface area contributed by atoms with Crippen LogP contribution in [0.2, 0.25) is 0 Å². The number of nitrogens with zero attached hydrogens (tertiary/aromatic N) is 1. The fourth-order valence-corrected chi connectivity index (χ4v) is 2.28. The number of hydrogen-bond donors (Lipinski definition) is 2. The van der Waals surface area contributed by atoms with Gasteiger partial charge in [-0.15, -0.1) is 24.0 Å². The first-order valence-electron chi connectivity index (χ1n) is 7.66. The Hall–Kier alpha value is -1.09. The Bertz CT molecular complexity index is 496. The summed E-state index contributed by atoms with van der Waals surface area (Å²) in [6.07, 6.45) is 2.27. The van der Waals surface area contributed by atoms with E-state index < -0.39 is 0 Å². The summed E-state index contributed by atoms with van der Waals surface area (Å²) in [4.78, 5) is 4.15. The van der Waals surface area contributed by atoms with E-state index in [-0.39, 0.29) is 47.8 Å². The van der Waals surface area contributed by atoms with Crippen LogP contribution in [0.3, 0.4) is 0 Å². The van der Waals surface area contributed by atoms with Gasteiger partial charge in [-0.3, -0.25) is 4.99 Å². The van der Waals surface area contributed by atoms with E-state index in [1.807, 2.05) is 6.92 Å². The Labute approximate surface area is 154 Å². The van der Waals surface area contributed by atoms with Crippen molar-refractivity contribution in [2.75, 3.05) is 26.7 Å². The first-order valence-corrected chi connectivity index (χ1v) is 7.66. The van der Waals surface area contributed by atoms with Crippen LogP contribution in [0.1, 0.15) is 19.8 Å². The quantitative estimate of drug-likeness (QED) is 0.408. The average Bonchev–Trinajstić information content (AvgIpc) is 3.03. The third-order valence-corrected chi connectivity index (χ3v) is 3.47. The summed E-state index contributed by atoms with van der Waals surface area (Å²) in [7, 11) is 1.72. The third-order valence-electron chi connectivity index (χ3n) is 3.47. The second kappa shape index (κ2) is 10.6. The maximum atomic E-state index is 13.5. The van der Waals surface area contributed by atoms with E-state index in [9.17, 15) is 4.39 Å². The number of ether oxygens (including phenoxy) is 2.